The molecule has 4 rings (SSSR count). The first-order valence-electron chi connectivity index (χ1n) is 16.8. The number of nitrogens with zero attached hydrogens (tertiary/aromatic N) is 3. The van der Waals surface area contributed by atoms with Crippen LogP contribution < -0.4 is 16.4 Å². The summed E-state index contributed by atoms with van der Waals surface area (Å²) in [6.45, 7) is 7.63. The van der Waals surface area contributed by atoms with E-state index in [4.69, 9.17) is 10.7 Å². The van der Waals surface area contributed by atoms with Crippen molar-refractivity contribution in [3.8, 4) is 0 Å². The van der Waals surface area contributed by atoms with Gasteiger partial charge in [0.05, 0.1) is 29.6 Å². The minimum Gasteiger partial charge on any atom is -0.394 e. The summed E-state index contributed by atoms with van der Waals surface area (Å²) in [5, 5.41) is 15.9. The average Bonchev–Trinajstić information content (AvgIpc) is 3.10. The number of unbranched alkanes of at least 4 members (excludes halogenated alkanes) is 2. The van der Waals surface area contributed by atoms with Crippen molar-refractivity contribution in [3.63, 3.8) is 0 Å². The van der Waals surface area contributed by atoms with Crippen molar-refractivity contribution in [2.45, 2.75) is 72.0 Å². The summed E-state index contributed by atoms with van der Waals surface area (Å²) >= 11 is 0. The highest BCUT2D eigenvalue weighted by atomic mass is 16.3. The average molecular weight is 653 g/mol. The molecule has 1 atom stereocenters. The van der Waals surface area contributed by atoms with E-state index in [1.54, 1.807) is 41.0 Å². The molecule has 48 heavy (non-hydrogen) atoms. The Kier molecular flexibility index (Phi) is 13.3. The second kappa shape index (κ2) is 17.8. The molecule has 1 unspecified atom stereocenters. The molecule has 0 aromatic heterocycles. The zero-order valence-corrected chi connectivity index (χ0v) is 28.2. The molecule has 0 spiro atoms. The van der Waals surface area contributed by atoms with E-state index in [0.717, 1.165) is 42.4 Å². The molecular weight excluding hydrogens is 604 g/mol. The number of benzene rings is 3. The monoisotopic (exact) mass is 652 g/mol. The third-order valence-electron chi connectivity index (χ3n) is 8.37. The Bertz CT molecular complexity index is 1610. The van der Waals surface area contributed by atoms with Gasteiger partial charge < -0.3 is 31.3 Å². The number of allylic oxidation sites excluding steroid dienone is 1. The van der Waals surface area contributed by atoms with Crippen LogP contribution in [0, 0.1) is 0 Å². The van der Waals surface area contributed by atoms with Gasteiger partial charge in [-0.3, -0.25) is 14.6 Å². The van der Waals surface area contributed by atoms with Gasteiger partial charge in [0.2, 0.25) is 0 Å². The van der Waals surface area contributed by atoms with Crippen LogP contribution in [0.25, 0.3) is 0 Å². The molecule has 0 saturated heterocycles. The van der Waals surface area contributed by atoms with E-state index in [-0.39, 0.29) is 29.7 Å². The van der Waals surface area contributed by atoms with Crippen molar-refractivity contribution >= 4 is 34.9 Å². The second-order valence-corrected chi connectivity index (χ2v) is 12.1. The fraction of sp³-hybridized carbons (Fsp3) is 0.368. The Balaban J connectivity index is 1.63. The van der Waals surface area contributed by atoms with Crippen LogP contribution in [0.2, 0.25) is 0 Å². The molecule has 0 bridgehead atoms. The summed E-state index contributed by atoms with van der Waals surface area (Å²) in [6.07, 6.45) is 5.78. The predicted octanol–water partition coefficient (Wildman–Crippen LogP) is 5.93. The number of amides is 4. The van der Waals surface area contributed by atoms with Crippen LogP contribution >= 0.6 is 0 Å². The molecule has 254 valence electrons. The van der Waals surface area contributed by atoms with Crippen molar-refractivity contribution in [1.82, 2.24) is 15.1 Å². The number of rotatable bonds is 14. The Labute approximate surface area is 283 Å². The third kappa shape index (κ3) is 9.78. The van der Waals surface area contributed by atoms with Gasteiger partial charge in [-0.2, -0.15) is 0 Å². The zero-order valence-electron chi connectivity index (χ0n) is 28.2. The van der Waals surface area contributed by atoms with Crippen molar-refractivity contribution in [2.75, 3.05) is 25.0 Å². The van der Waals surface area contributed by atoms with Crippen LogP contribution in [-0.2, 0) is 24.3 Å². The molecule has 0 saturated carbocycles. The van der Waals surface area contributed by atoms with Crippen molar-refractivity contribution < 1.29 is 19.5 Å². The maximum Gasteiger partial charge on any atom is 0.319 e. The molecule has 3 aromatic carbocycles. The number of hydrogen-bond donors (Lipinski definition) is 4. The lowest BCUT2D eigenvalue weighted by Crippen LogP contribution is -2.46. The zero-order chi connectivity index (χ0) is 34.5. The van der Waals surface area contributed by atoms with E-state index in [1.165, 1.54) is 0 Å². The SMILES string of the molecule is CCCCN(CCCC)C(=O)/C(N)=C/C(C)=Nc1ccc(NC(=O)NCc2ccccc2)cc1C(=O)N1Cc2ccccc2CC1CO. The summed E-state index contributed by atoms with van der Waals surface area (Å²) in [5.74, 6) is -0.566. The number of carbonyl (C=O) groups excluding carboxylic acids is 3. The van der Waals surface area contributed by atoms with Gasteiger partial charge in [0, 0.05) is 37.6 Å². The number of aliphatic hydroxyl groups is 1. The van der Waals surface area contributed by atoms with Crippen LogP contribution in [0.5, 0.6) is 0 Å². The van der Waals surface area contributed by atoms with Crippen LogP contribution in [0.3, 0.4) is 0 Å². The molecule has 1 aliphatic rings. The van der Waals surface area contributed by atoms with Gasteiger partial charge in [-0.1, -0.05) is 81.3 Å². The van der Waals surface area contributed by atoms with E-state index in [0.29, 0.717) is 49.7 Å². The lowest BCUT2D eigenvalue weighted by Gasteiger charge is -2.36. The summed E-state index contributed by atoms with van der Waals surface area (Å²) in [5.41, 5.74) is 10.9. The smallest absolute Gasteiger partial charge is 0.319 e. The fourth-order valence-electron chi connectivity index (χ4n) is 5.68. The maximum absolute atomic E-state index is 14.3. The number of nitrogens with two attached hydrogens (primary N) is 1. The molecule has 1 heterocycles. The maximum atomic E-state index is 14.3. The molecule has 3 aromatic rings. The van der Waals surface area contributed by atoms with E-state index in [1.807, 2.05) is 54.6 Å². The summed E-state index contributed by atoms with van der Waals surface area (Å²) in [7, 11) is 0. The molecule has 0 radical (unpaired) electrons. The Hall–Kier alpha value is -4.96. The number of hydrogen-bond acceptors (Lipinski definition) is 6. The third-order valence-corrected chi connectivity index (χ3v) is 8.37. The minimum absolute atomic E-state index is 0.0812. The van der Waals surface area contributed by atoms with Gasteiger partial charge in [0.25, 0.3) is 11.8 Å². The van der Waals surface area contributed by atoms with E-state index in [2.05, 4.69) is 24.5 Å². The number of aliphatic imine (C=N–C) groups is 1. The first kappa shape index (κ1) is 35.9. The standard InChI is InChI=1S/C38H48N6O4/c1-4-6-19-43(20-7-5-2)37(47)34(39)21-27(3)41-35-18-17-31(42-38(48)40-24-28-13-9-8-10-14-28)23-33(35)36(46)44-25-30-16-12-11-15-29(30)22-32(44)26-45/h8-18,21,23,32,45H,4-7,19-20,22,24-26,39H2,1-3H3,(H2,40,42,48)/b34-21-,41-27?. The molecule has 1 aliphatic heterocycles. The Morgan fingerprint density at radius 2 is 1.65 bits per heavy atom. The Morgan fingerprint density at radius 3 is 2.31 bits per heavy atom. The van der Waals surface area contributed by atoms with Crippen LogP contribution in [0.4, 0.5) is 16.2 Å². The first-order valence-corrected chi connectivity index (χ1v) is 16.8. The van der Waals surface area contributed by atoms with Gasteiger partial charge in [-0.25, -0.2) is 4.79 Å². The summed E-state index contributed by atoms with van der Waals surface area (Å²) < 4.78 is 0. The summed E-state index contributed by atoms with van der Waals surface area (Å²) in [6, 6.07) is 21.5. The van der Waals surface area contributed by atoms with Crippen molar-refractivity contribution in [2.24, 2.45) is 10.7 Å². The largest absolute Gasteiger partial charge is 0.394 e. The van der Waals surface area contributed by atoms with Crippen molar-refractivity contribution in [3.05, 3.63) is 107 Å². The van der Waals surface area contributed by atoms with E-state index < -0.39 is 12.1 Å². The molecule has 5 N–H and O–H groups in total. The van der Waals surface area contributed by atoms with Gasteiger partial charge in [-0.05, 0) is 67.2 Å². The highest BCUT2D eigenvalue weighted by molar-refractivity contribution is 6.06. The molecule has 10 nitrogen and oxygen atoms in total. The second-order valence-electron chi connectivity index (χ2n) is 12.1. The molecular formula is C38H48N6O4. The van der Waals surface area contributed by atoms with E-state index >= 15 is 0 Å². The first-order chi connectivity index (χ1) is 23.2. The van der Waals surface area contributed by atoms with E-state index in [9.17, 15) is 19.5 Å². The van der Waals surface area contributed by atoms with Crippen LogP contribution in [0.15, 0.2) is 89.6 Å². The topological polar surface area (TPSA) is 140 Å². The molecule has 4 amide bonds. The van der Waals surface area contributed by atoms with Gasteiger partial charge in [-0.15, -0.1) is 0 Å². The quantitative estimate of drug-likeness (QED) is 0.126. The Morgan fingerprint density at radius 1 is 0.979 bits per heavy atom. The van der Waals surface area contributed by atoms with Gasteiger partial charge in [0.15, 0.2) is 0 Å². The fourth-order valence-corrected chi connectivity index (χ4v) is 5.68. The number of nitrogens with one attached hydrogen (secondary N) is 2. The normalized spacial score (nSPS) is 14.7. The van der Waals surface area contributed by atoms with Gasteiger partial charge >= 0.3 is 6.03 Å². The number of aliphatic hydroxyl groups excluding tert-OH is 1. The number of urea groups is 1. The number of fused-ring (bicyclic) bond motifs is 1. The molecule has 0 fully saturated rings. The molecule has 0 aliphatic carbocycles. The number of carbonyl (C=O) groups is 3. The number of anilines is 1. The lowest BCUT2D eigenvalue weighted by atomic mass is 9.93. The van der Waals surface area contributed by atoms with Crippen molar-refractivity contribution in [1.29, 1.82) is 0 Å². The lowest BCUT2D eigenvalue weighted by molar-refractivity contribution is -0.127. The predicted molar refractivity (Wildman–Crippen MR) is 191 cm³/mol. The highest BCUT2D eigenvalue weighted by Gasteiger charge is 2.31. The van der Waals surface area contributed by atoms with Crippen LogP contribution in [0.1, 0.15) is 73.5 Å². The minimum atomic E-state index is -0.429. The molecule has 10 heteroatoms. The summed E-state index contributed by atoms with van der Waals surface area (Å²) in [4.78, 5) is 48.5. The van der Waals surface area contributed by atoms with Crippen LogP contribution in [-0.4, -0.2) is 64.2 Å². The highest BCUT2D eigenvalue weighted by Crippen LogP contribution is 2.30. The van der Waals surface area contributed by atoms with Gasteiger partial charge in [0.1, 0.15) is 0 Å².